The van der Waals surface area contributed by atoms with Crippen LogP contribution in [0, 0.1) is 5.92 Å². The molecule has 2 aliphatic heterocycles. The van der Waals surface area contributed by atoms with Crippen LogP contribution in [0.2, 0.25) is 0 Å². The number of hydrogen-bond acceptors (Lipinski definition) is 2. The molecule has 4 heteroatoms. The van der Waals surface area contributed by atoms with Gasteiger partial charge in [0.25, 0.3) is 5.56 Å². The minimum Gasteiger partial charge on any atom is -0.338 e. The highest BCUT2D eigenvalue weighted by atomic mass is 16.2. The summed E-state index contributed by atoms with van der Waals surface area (Å²) >= 11 is 0. The Kier molecular flexibility index (Phi) is 3.81. The van der Waals surface area contributed by atoms with Gasteiger partial charge in [0.15, 0.2) is 0 Å². The number of nitrogens with zero attached hydrogens (tertiary/aromatic N) is 2. The van der Waals surface area contributed by atoms with E-state index in [4.69, 9.17) is 0 Å². The van der Waals surface area contributed by atoms with Crippen LogP contribution in [0.25, 0.3) is 6.08 Å². The van der Waals surface area contributed by atoms with E-state index in [-0.39, 0.29) is 17.4 Å². The Morgan fingerprint density at radius 1 is 1.00 bits per heavy atom. The highest BCUT2D eigenvalue weighted by molar-refractivity contribution is 5.91. The number of likely N-dealkylation sites (tertiary alicyclic amines) is 1. The number of carbonyl (C=O) groups excluding carboxylic acids is 1. The van der Waals surface area contributed by atoms with Gasteiger partial charge in [0.05, 0.1) is 0 Å². The summed E-state index contributed by atoms with van der Waals surface area (Å²) in [6.07, 6.45) is 4.59. The zero-order valence-corrected chi connectivity index (χ0v) is 13.5. The molecule has 1 fully saturated rings. The van der Waals surface area contributed by atoms with Gasteiger partial charge in [0.2, 0.25) is 5.91 Å². The van der Waals surface area contributed by atoms with E-state index in [1.54, 1.807) is 12.1 Å². The first-order valence-electron chi connectivity index (χ1n) is 8.42. The largest absolute Gasteiger partial charge is 0.338 e. The first-order valence-corrected chi connectivity index (χ1v) is 8.42. The molecule has 1 saturated heterocycles. The molecule has 1 aromatic carbocycles. The van der Waals surface area contributed by atoms with E-state index in [0.29, 0.717) is 12.5 Å². The summed E-state index contributed by atoms with van der Waals surface area (Å²) < 4.78 is 1.89. The first-order chi connectivity index (χ1) is 11.7. The van der Waals surface area contributed by atoms with Crippen molar-refractivity contribution in [2.75, 3.05) is 13.1 Å². The van der Waals surface area contributed by atoms with Crippen molar-refractivity contribution in [2.24, 2.45) is 5.92 Å². The number of hydrogen-bond donors (Lipinski definition) is 0. The normalized spacial score (nSPS) is 22.4. The van der Waals surface area contributed by atoms with Crippen molar-refractivity contribution in [1.82, 2.24) is 9.47 Å². The maximum Gasteiger partial charge on any atom is 0.250 e. The van der Waals surface area contributed by atoms with E-state index >= 15 is 0 Å². The maximum absolute atomic E-state index is 12.6. The quantitative estimate of drug-likeness (QED) is 0.798. The number of piperidine rings is 1. The fourth-order valence-corrected chi connectivity index (χ4v) is 3.91. The SMILES string of the molecule is O=C(/C=C/c1ccccc1)N1C[C@@H]2C[C@@H](C1)c1cccc(=O)n1C2. The number of carbonyl (C=O) groups is 1. The molecular weight excluding hydrogens is 300 g/mol. The molecule has 4 nitrogen and oxygen atoms in total. The third kappa shape index (κ3) is 2.80. The molecule has 0 radical (unpaired) electrons. The predicted octanol–water partition coefficient (Wildman–Crippen LogP) is 2.51. The third-order valence-electron chi connectivity index (χ3n) is 5.01. The molecule has 2 aromatic rings. The lowest BCUT2D eigenvalue weighted by molar-refractivity contribution is -0.128. The van der Waals surface area contributed by atoms with Crippen LogP contribution < -0.4 is 5.56 Å². The number of aromatic nitrogens is 1. The van der Waals surface area contributed by atoms with Crippen LogP contribution in [0.5, 0.6) is 0 Å². The Morgan fingerprint density at radius 2 is 1.83 bits per heavy atom. The zero-order chi connectivity index (χ0) is 16.5. The molecule has 4 rings (SSSR count). The van der Waals surface area contributed by atoms with Crippen LogP contribution in [0.1, 0.15) is 23.6 Å². The van der Waals surface area contributed by atoms with Crippen LogP contribution in [0.3, 0.4) is 0 Å². The minimum atomic E-state index is 0.0558. The lowest BCUT2D eigenvalue weighted by Gasteiger charge is -2.42. The standard InChI is InChI=1S/C20H20N2O2/c23-19(10-9-15-5-2-1-3-6-15)21-12-16-11-17(14-21)18-7-4-8-20(24)22(18)13-16/h1-10,16-17H,11-14H2/b10-9+/t16-,17-/m0/s1. The summed E-state index contributed by atoms with van der Waals surface area (Å²) in [7, 11) is 0. The average Bonchev–Trinajstić information content (AvgIpc) is 2.61. The predicted molar refractivity (Wildman–Crippen MR) is 93.6 cm³/mol. The Labute approximate surface area is 141 Å². The second-order valence-corrected chi connectivity index (χ2v) is 6.69. The molecular formula is C20H20N2O2. The molecule has 3 heterocycles. The second-order valence-electron chi connectivity index (χ2n) is 6.69. The average molecular weight is 320 g/mol. The van der Waals surface area contributed by atoms with Gasteiger partial charge in [-0.05, 0) is 30.0 Å². The number of pyridine rings is 1. The van der Waals surface area contributed by atoms with Crippen molar-refractivity contribution < 1.29 is 4.79 Å². The summed E-state index contributed by atoms with van der Waals surface area (Å²) in [6.45, 7) is 2.14. The van der Waals surface area contributed by atoms with Gasteiger partial charge in [-0.15, -0.1) is 0 Å². The fourth-order valence-electron chi connectivity index (χ4n) is 3.91. The van der Waals surface area contributed by atoms with Gasteiger partial charge in [-0.1, -0.05) is 36.4 Å². The van der Waals surface area contributed by atoms with Crippen molar-refractivity contribution in [1.29, 1.82) is 0 Å². The summed E-state index contributed by atoms with van der Waals surface area (Å²) in [5.74, 6) is 0.686. The van der Waals surface area contributed by atoms with Gasteiger partial charge in [-0.25, -0.2) is 0 Å². The molecule has 2 aliphatic rings. The molecule has 0 saturated carbocycles. The summed E-state index contributed by atoms with van der Waals surface area (Å²) in [4.78, 5) is 26.5. The van der Waals surface area contributed by atoms with Crippen molar-refractivity contribution in [3.8, 4) is 0 Å². The minimum absolute atomic E-state index is 0.0558. The first kappa shape index (κ1) is 14.9. The van der Waals surface area contributed by atoms with Crippen LogP contribution in [0.15, 0.2) is 59.4 Å². The molecule has 0 spiro atoms. The molecule has 122 valence electrons. The second kappa shape index (κ2) is 6.11. The van der Waals surface area contributed by atoms with E-state index in [1.807, 2.05) is 58.0 Å². The van der Waals surface area contributed by atoms with E-state index in [1.165, 1.54) is 0 Å². The topological polar surface area (TPSA) is 42.3 Å². The molecule has 24 heavy (non-hydrogen) atoms. The lowest BCUT2D eigenvalue weighted by Crippen LogP contribution is -2.48. The van der Waals surface area contributed by atoms with Gasteiger partial charge in [0.1, 0.15) is 0 Å². The number of benzene rings is 1. The molecule has 1 aromatic heterocycles. The van der Waals surface area contributed by atoms with Gasteiger partial charge in [0, 0.05) is 43.4 Å². The Balaban J connectivity index is 1.53. The fraction of sp³-hybridized carbons (Fsp3) is 0.300. The van der Waals surface area contributed by atoms with E-state index in [2.05, 4.69) is 0 Å². The van der Waals surface area contributed by atoms with Crippen LogP contribution in [-0.4, -0.2) is 28.5 Å². The smallest absolute Gasteiger partial charge is 0.250 e. The van der Waals surface area contributed by atoms with Crippen molar-refractivity contribution in [3.05, 3.63) is 76.2 Å². The third-order valence-corrected chi connectivity index (χ3v) is 5.01. The van der Waals surface area contributed by atoms with Crippen molar-refractivity contribution in [2.45, 2.75) is 18.9 Å². The summed E-state index contributed by atoms with van der Waals surface area (Å²) in [6, 6.07) is 15.3. The van der Waals surface area contributed by atoms with Gasteiger partial charge >= 0.3 is 0 Å². The Hall–Kier alpha value is -2.62. The molecule has 0 N–H and O–H groups in total. The molecule has 2 bridgehead atoms. The molecule has 1 amide bonds. The summed E-state index contributed by atoms with van der Waals surface area (Å²) in [5, 5.41) is 0. The van der Waals surface area contributed by atoms with Crippen LogP contribution in [-0.2, 0) is 11.3 Å². The van der Waals surface area contributed by atoms with Crippen LogP contribution >= 0.6 is 0 Å². The van der Waals surface area contributed by atoms with Gasteiger partial charge in [-0.3, -0.25) is 9.59 Å². The summed E-state index contributed by atoms with van der Waals surface area (Å²) in [5.41, 5.74) is 2.18. The Bertz CT molecular complexity index is 838. The van der Waals surface area contributed by atoms with Crippen molar-refractivity contribution in [3.63, 3.8) is 0 Å². The maximum atomic E-state index is 12.6. The number of fused-ring (bicyclic) bond motifs is 4. The molecule has 0 unspecified atom stereocenters. The van der Waals surface area contributed by atoms with Gasteiger partial charge < -0.3 is 9.47 Å². The zero-order valence-electron chi connectivity index (χ0n) is 13.5. The van der Waals surface area contributed by atoms with E-state index < -0.39 is 0 Å². The number of amides is 1. The van der Waals surface area contributed by atoms with E-state index in [9.17, 15) is 9.59 Å². The highest BCUT2D eigenvalue weighted by Crippen LogP contribution is 2.34. The van der Waals surface area contributed by atoms with Crippen LogP contribution in [0.4, 0.5) is 0 Å². The van der Waals surface area contributed by atoms with Crippen molar-refractivity contribution >= 4 is 12.0 Å². The number of rotatable bonds is 2. The highest BCUT2D eigenvalue weighted by Gasteiger charge is 2.35. The molecule has 0 aliphatic carbocycles. The lowest BCUT2D eigenvalue weighted by atomic mass is 9.83. The monoisotopic (exact) mass is 320 g/mol. The van der Waals surface area contributed by atoms with Gasteiger partial charge in [-0.2, -0.15) is 0 Å². The molecule has 2 atom stereocenters. The van der Waals surface area contributed by atoms with E-state index in [0.717, 1.165) is 30.8 Å². The Morgan fingerprint density at radius 3 is 2.67 bits per heavy atom.